The van der Waals surface area contributed by atoms with Crippen LogP contribution in [0.4, 0.5) is 0 Å². The van der Waals surface area contributed by atoms with Crippen LogP contribution in [0.5, 0.6) is 0 Å². The zero-order valence-electron chi connectivity index (χ0n) is 14.9. The molecule has 136 valence electrons. The van der Waals surface area contributed by atoms with E-state index in [4.69, 9.17) is 4.42 Å². The third-order valence-corrected chi connectivity index (χ3v) is 5.32. The first-order chi connectivity index (χ1) is 13.3. The maximum absolute atomic E-state index is 13.1. The minimum atomic E-state index is 0.0229. The highest BCUT2D eigenvalue weighted by Gasteiger charge is 2.18. The van der Waals surface area contributed by atoms with Gasteiger partial charge < -0.3 is 9.32 Å². The van der Waals surface area contributed by atoms with Gasteiger partial charge in [-0.15, -0.1) is 11.3 Å². The molecule has 0 spiro atoms. The molecule has 27 heavy (non-hydrogen) atoms. The monoisotopic (exact) mass is 376 g/mol. The molecular weight excluding hydrogens is 356 g/mol. The van der Waals surface area contributed by atoms with Gasteiger partial charge in [-0.25, -0.2) is 4.98 Å². The molecule has 0 aliphatic rings. The molecule has 0 saturated heterocycles. The lowest BCUT2D eigenvalue weighted by Gasteiger charge is -2.22. The van der Waals surface area contributed by atoms with E-state index in [0.29, 0.717) is 18.7 Å². The van der Waals surface area contributed by atoms with Crippen LogP contribution in [0.1, 0.15) is 28.1 Å². The number of aromatic nitrogens is 1. The Hall–Kier alpha value is -2.92. The van der Waals surface area contributed by atoms with Gasteiger partial charge in [0.2, 0.25) is 0 Å². The second-order valence-corrected chi connectivity index (χ2v) is 7.32. The van der Waals surface area contributed by atoms with Crippen molar-refractivity contribution in [1.29, 1.82) is 0 Å². The summed E-state index contributed by atoms with van der Waals surface area (Å²) >= 11 is 1.55. The van der Waals surface area contributed by atoms with E-state index in [0.717, 1.165) is 28.8 Å². The van der Waals surface area contributed by atoms with Crippen LogP contribution < -0.4 is 0 Å². The molecule has 0 unspecified atom stereocenters. The Bertz CT molecular complexity index is 1010. The molecule has 0 aliphatic carbocycles. The summed E-state index contributed by atoms with van der Waals surface area (Å²) in [5.41, 5.74) is 4.71. The number of nitrogens with zero attached hydrogens (tertiary/aromatic N) is 2. The summed E-state index contributed by atoms with van der Waals surface area (Å²) in [7, 11) is 0. The van der Waals surface area contributed by atoms with Crippen molar-refractivity contribution in [3.05, 3.63) is 89.3 Å². The first-order valence-corrected chi connectivity index (χ1v) is 9.86. The zero-order chi connectivity index (χ0) is 18.5. The highest BCUT2D eigenvalue weighted by Crippen LogP contribution is 2.21. The number of amides is 1. The maximum Gasteiger partial charge on any atom is 0.254 e. The SMILES string of the molecule is O=C(c1ccc2ncsc2c1)N(CCCc1ccccc1)Cc1ccco1. The number of carbonyl (C=O) groups excluding carboxylic acids is 1. The molecule has 0 radical (unpaired) electrons. The number of hydrogen-bond acceptors (Lipinski definition) is 4. The molecule has 4 rings (SSSR count). The summed E-state index contributed by atoms with van der Waals surface area (Å²) in [6.07, 6.45) is 3.49. The van der Waals surface area contributed by atoms with Crippen molar-refractivity contribution in [3.63, 3.8) is 0 Å². The van der Waals surface area contributed by atoms with Gasteiger partial charge in [0.1, 0.15) is 5.76 Å². The van der Waals surface area contributed by atoms with Crippen LogP contribution >= 0.6 is 11.3 Å². The van der Waals surface area contributed by atoms with Gasteiger partial charge in [-0.2, -0.15) is 0 Å². The first-order valence-electron chi connectivity index (χ1n) is 8.98. The normalized spacial score (nSPS) is 11.0. The van der Waals surface area contributed by atoms with Crippen LogP contribution in [0.2, 0.25) is 0 Å². The summed E-state index contributed by atoms with van der Waals surface area (Å²) < 4.78 is 6.50. The van der Waals surface area contributed by atoms with Crippen LogP contribution in [0.25, 0.3) is 10.2 Å². The Labute approximate surface area is 162 Å². The van der Waals surface area contributed by atoms with Gasteiger partial charge in [0, 0.05) is 12.1 Å². The molecule has 1 amide bonds. The molecule has 0 aliphatic heterocycles. The predicted molar refractivity (Wildman–Crippen MR) is 108 cm³/mol. The number of fused-ring (bicyclic) bond motifs is 1. The summed E-state index contributed by atoms with van der Waals surface area (Å²) in [6, 6.07) is 19.8. The number of carbonyl (C=O) groups is 1. The van der Waals surface area contributed by atoms with Crippen molar-refractivity contribution >= 4 is 27.5 Å². The summed E-state index contributed by atoms with van der Waals surface area (Å²) in [5, 5.41) is 0. The standard InChI is InChI=1S/C22H20N2O2S/c25-22(18-10-11-20-21(14-18)27-16-23-20)24(15-19-9-5-13-26-19)12-4-8-17-6-2-1-3-7-17/h1-3,5-7,9-11,13-14,16H,4,8,12,15H2. The molecule has 0 fully saturated rings. The van der Waals surface area contributed by atoms with E-state index in [9.17, 15) is 4.79 Å². The van der Waals surface area contributed by atoms with Crippen molar-refractivity contribution in [3.8, 4) is 0 Å². The number of thiazole rings is 1. The highest BCUT2D eigenvalue weighted by atomic mass is 32.1. The maximum atomic E-state index is 13.1. The number of aryl methyl sites for hydroxylation is 1. The van der Waals surface area contributed by atoms with E-state index in [2.05, 4.69) is 17.1 Å². The average molecular weight is 376 g/mol. The molecule has 2 heterocycles. The van der Waals surface area contributed by atoms with E-state index in [1.165, 1.54) is 5.56 Å². The number of furan rings is 1. The molecule has 2 aromatic carbocycles. The fourth-order valence-electron chi connectivity index (χ4n) is 3.13. The summed E-state index contributed by atoms with van der Waals surface area (Å²) in [5.74, 6) is 0.816. The fourth-order valence-corrected chi connectivity index (χ4v) is 3.85. The van der Waals surface area contributed by atoms with Crippen molar-refractivity contribution in [1.82, 2.24) is 9.88 Å². The second-order valence-electron chi connectivity index (χ2n) is 6.43. The lowest BCUT2D eigenvalue weighted by molar-refractivity contribution is 0.0729. The van der Waals surface area contributed by atoms with E-state index in [1.807, 2.05) is 53.4 Å². The Balaban J connectivity index is 1.50. The van der Waals surface area contributed by atoms with Crippen molar-refractivity contribution in [2.24, 2.45) is 0 Å². The van der Waals surface area contributed by atoms with Crippen molar-refractivity contribution in [2.75, 3.05) is 6.54 Å². The van der Waals surface area contributed by atoms with Crippen LogP contribution in [0.15, 0.2) is 76.9 Å². The second kappa shape index (κ2) is 8.18. The van der Waals surface area contributed by atoms with E-state index >= 15 is 0 Å². The minimum Gasteiger partial charge on any atom is -0.467 e. The Morgan fingerprint density at radius 3 is 2.78 bits per heavy atom. The molecule has 0 saturated carbocycles. The molecule has 4 nitrogen and oxygen atoms in total. The number of benzene rings is 2. The molecule has 0 bridgehead atoms. The van der Waals surface area contributed by atoms with Gasteiger partial charge >= 0.3 is 0 Å². The number of hydrogen-bond donors (Lipinski definition) is 0. The fraction of sp³-hybridized carbons (Fsp3) is 0.182. The quantitative estimate of drug-likeness (QED) is 0.447. The predicted octanol–water partition coefficient (Wildman–Crippen LogP) is 5.16. The van der Waals surface area contributed by atoms with Crippen molar-refractivity contribution in [2.45, 2.75) is 19.4 Å². The molecule has 5 heteroatoms. The highest BCUT2D eigenvalue weighted by molar-refractivity contribution is 7.16. The van der Waals surface area contributed by atoms with Gasteiger partial charge in [0.25, 0.3) is 5.91 Å². The first kappa shape index (κ1) is 17.5. The van der Waals surface area contributed by atoms with Crippen LogP contribution in [-0.2, 0) is 13.0 Å². The molecule has 4 aromatic rings. The van der Waals surface area contributed by atoms with Crippen LogP contribution in [0.3, 0.4) is 0 Å². The summed E-state index contributed by atoms with van der Waals surface area (Å²) in [4.78, 5) is 19.3. The largest absolute Gasteiger partial charge is 0.467 e. The topological polar surface area (TPSA) is 46.3 Å². The summed E-state index contributed by atoms with van der Waals surface area (Å²) in [6.45, 7) is 1.15. The number of rotatable bonds is 7. The smallest absolute Gasteiger partial charge is 0.254 e. The van der Waals surface area contributed by atoms with Gasteiger partial charge in [0.05, 0.1) is 28.5 Å². The Kier molecular flexibility index (Phi) is 5.30. The lowest BCUT2D eigenvalue weighted by Crippen LogP contribution is -2.31. The minimum absolute atomic E-state index is 0.0229. The van der Waals surface area contributed by atoms with Crippen LogP contribution in [-0.4, -0.2) is 22.3 Å². The lowest BCUT2D eigenvalue weighted by atomic mass is 10.1. The Morgan fingerprint density at radius 2 is 1.96 bits per heavy atom. The molecule has 0 atom stereocenters. The van der Waals surface area contributed by atoms with Crippen molar-refractivity contribution < 1.29 is 9.21 Å². The van der Waals surface area contributed by atoms with Gasteiger partial charge in [-0.05, 0) is 48.7 Å². The van der Waals surface area contributed by atoms with Gasteiger partial charge in [0.15, 0.2) is 0 Å². The van der Waals surface area contributed by atoms with Crippen LogP contribution in [0, 0.1) is 0 Å². The van der Waals surface area contributed by atoms with E-state index < -0.39 is 0 Å². The Morgan fingerprint density at radius 1 is 1.07 bits per heavy atom. The van der Waals surface area contributed by atoms with E-state index in [-0.39, 0.29) is 5.91 Å². The van der Waals surface area contributed by atoms with Gasteiger partial charge in [-0.3, -0.25) is 4.79 Å². The molecule has 0 N–H and O–H groups in total. The molecular formula is C22H20N2O2S. The van der Waals surface area contributed by atoms with E-state index in [1.54, 1.807) is 23.1 Å². The molecule has 2 aromatic heterocycles. The van der Waals surface area contributed by atoms with Gasteiger partial charge in [-0.1, -0.05) is 30.3 Å². The zero-order valence-corrected chi connectivity index (χ0v) is 15.7. The third kappa shape index (κ3) is 4.26. The third-order valence-electron chi connectivity index (χ3n) is 4.53. The average Bonchev–Trinajstić information content (AvgIpc) is 3.38.